The number of rotatable bonds is 7. The van der Waals surface area contributed by atoms with Gasteiger partial charge in [0.05, 0.1) is 6.20 Å². The summed E-state index contributed by atoms with van der Waals surface area (Å²) >= 11 is 0. The summed E-state index contributed by atoms with van der Waals surface area (Å²) in [5.74, 6) is 0.159. The molecule has 3 N–H and O–H groups in total. The molecular formula is C9H18N4O3S. The van der Waals surface area contributed by atoms with Gasteiger partial charge in [-0.2, -0.15) is 5.10 Å². The van der Waals surface area contributed by atoms with Crippen LogP contribution >= 0.6 is 0 Å². The number of hydrogen-bond donors (Lipinski definition) is 2. The fourth-order valence-electron chi connectivity index (χ4n) is 1.34. The molecule has 0 spiro atoms. The molecule has 7 nitrogen and oxygen atoms in total. The molecule has 17 heavy (non-hydrogen) atoms. The summed E-state index contributed by atoms with van der Waals surface area (Å²) < 4.78 is 32.4. The highest BCUT2D eigenvalue weighted by molar-refractivity contribution is 7.89. The van der Waals surface area contributed by atoms with E-state index in [1.165, 1.54) is 10.9 Å². The van der Waals surface area contributed by atoms with Crippen LogP contribution in [0.2, 0.25) is 0 Å². The van der Waals surface area contributed by atoms with Gasteiger partial charge in [0.15, 0.2) is 0 Å². The monoisotopic (exact) mass is 262 g/mol. The van der Waals surface area contributed by atoms with Crippen molar-refractivity contribution in [3.63, 3.8) is 0 Å². The molecule has 1 aromatic rings. The molecule has 0 fully saturated rings. The number of hydrogen-bond acceptors (Lipinski definition) is 5. The van der Waals surface area contributed by atoms with E-state index in [-0.39, 0.29) is 10.7 Å². The van der Waals surface area contributed by atoms with Crippen molar-refractivity contribution in [1.82, 2.24) is 14.5 Å². The van der Waals surface area contributed by atoms with Gasteiger partial charge in [-0.25, -0.2) is 17.8 Å². The van der Waals surface area contributed by atoms with E-state index in [0.29, 0.717) is 26.1 Å². The van der Waals surface area contributed by atoms with E-state index in [4.69, 9.17) is 10.5 Å². The minimum absolute atomic E-state index is 0.0248. The van der Waals surface area contributed by atoms with Gasteiger partial charge in [0, 0.05) is 26.8 Å². The van der Waals surface area contributed by atoms with E-state index in [1.54, 1.807) is 7.11 Å². The van der Waals surface area contributed by atoms with E-state index in [0.717, 1.165) is 0 Å². The van der Waals surface area contributed by atoms with Crippen molar-refractivity contribution in [1.29, 1.82) is 0 Å². The van der Waals surface area contributed by atoms with Crippen molar-refractivity contribution in [3.8, 4) is 0 Å². The summed E-state index contributed by atoms with van der Waals surface area (Å²) in [7, 11) is -2.01. The molecule has 0 aromatic carbocycles. The maximum absolute atomic E-state index is 11.9. The number of anilines is 1. The molecule has 0 aliphatic rings. The van der Waals surface area contributed by atoms with Crippen molar-refractivity contribution in [2.45, 2.75) is 24.8 Å². The Morgan fingerprint density at radius 1 is 1.59 bits per heavy atom. The third-order valence-corrected chi connectivity index (χ3v) is 3.73. The van der Waals surface area contributed by atoms with Crippen LogP contribution in [-0.2, 0) is 21.3 Å². The number of ether oxygens (including phenoxy) is 1. The van der Waals surface area contributed by atoms with Gasteiger partial charge in [0.2, 0.25) is 10.0 Å². The van der Waals surface area contributed by atoms with Gasteiger partial charge in [-0.15, -0.1) is 0 Å². The maximum atomic E-state index is 11.9. The Labute approximate surface area is 101 Å². The van der Waals surface area contributed by atoms with E-state index >= 15 is 0 Å². The minimum atomic E-state index is -3.57. The number of nitrogens with zero attached hydrogens (tertiary/aromatic N) is 2. The van der Waals surface area contributed by atoms with E-state index in [9.17, 15) is 8.42 Å². The molecule has 1 heterocycles. The highest BCUT2D eigenvalue weighted by atomic mass is 32.2. The fraction of sp³-hybridized carbons (Fsp3) is 0.667. The number of nitrogens with one attached hydrogen (secondary N) is 1. The van der Waals surface area contributed by atoms with Gasteiger partial charge >= 0.3 is 0 Å². The first-order chi connectivity index (χ1) is 8.03. The van der Waals surface area contributed by atoms with Crippen LogP contribution < -0.4 is 10.5 Å². The number of sulfonamides is 1. The van der Waals surface area contributed by atoms with Gasteiger partial charge < -0.3 is 10.5 Å². The lowest BCUT2D eigenvalue weighted by atomic mass is 10.5. The Morgan fingerprint density at radius 2 is 2.29 bits per heavy atom. The van der Waals surface area contributed by atoms with Crippen molar-refractivity contribution in [2.75, 3.05) is 26.0 Å². The first kappa shape index (κ1) is 13.9. The molecule has 1 rings (SSSR count). The SMILES string of the molecule is CCn1ncc(S(=O)(=O)NCCCOC)c1N. The Bertz CT molecular complexity index is 455. The van der Waals surface area contributed by atoms with Gasteiger partial charge in [0.1, 0.15) is 10.7 Å². The molecule has 8 heteroatoms. The first-order valence-corrected chi connectivity index (χ1v) is 6.81. The molecule has 0 unspecified atom stereocenters. The number of nitrogen functional groups attached to an aromatic ring is 1. The second kappa shape index (κ2) is 5.99. The van der Waals surface area contributed by atoms with Crippen molar-refractivity contribution >= 4 is 15.8 Å². The lowest BCUT2D eigenvalue weighted by molar-refractivity contribution is 0.196. The normalized spacial score (nSPS) is 11.9. The van der Waals surface area contributed by atoms with Crippen LogP contribution in [-0.4, -0.2) is 38.5 Å². The minimum Gasteiger partial charge on any atom is -0.385 e. The lowest BCUT2D eigenvalue weighted by Gasteiger charge is -2.06. The quantitative estimate of drug-likeness (QED) is 0.663. The molecule has 1 aromatic heterocycles. The molecule has 0 bridgehead atoms. The van der Waals surface area contributed by atoms with E-state index in [1.807, 2.05) is 6.92 Å². The van der Waals surface area contributed by atoms with Crippen LogP contribution in [0.3, 0.4) is 0 Å². The predicted octanol–water partition coefficient (Wildman–Crippen LogP) is -0.200. The second-order valence-electron chi connectivity index (χ2n) is 3.45. The van der Waals surface area contributed by atoms with Gasteiger partial charge in [-0.3, -0.25) is 0 Å². The number of nitrogens with two attached hydrogens (primary N) is 1. The van der Waals surface area contributed by atoms with Crippen molar-refractivity contribution in [2.24, 2.45) is 0 Å². The van der Waals surface area contributed by atoms with Crippen LogP contribution in [0.1, 0.15) is 13.3 Å². The fourth-order valence-corrected chi connectivity index (χ4v) is 2.47. The topological polar surface area (TPSA) is 99.2 Å². The standard InChI is InChI=1S/C9H18N4O3S/c1-3-13-9(10)8(7-11-13)17(14,15)12-5-4-6-16-2/h7,12H,3-6,10H2,1-2H3. The number of aromatic nitrogens is 2. The van der Waals surface area contributed by atoms with Crippen molar-refractivity contribution in [3.05, 3.63) is 6.20 Å². The molecule has 0 saturated carbocycles. The van der Waals surface area contributed by atoms with Crippen molar-refractivity contribution < 1.29 is 13.2 Å². The third kappa shape index (κ3) is 3.42. The molecule has 0 radical (unpaired) electrons. The van der Waals surface area contributed by atoms with Crippen LogP contribution in [0.5, 0.6) is 0 Å². The molecule has 0 aliphatic carbocycles. The van der Waals surface area contributed by atoms with Crippen LogP contribution in [0, 0.1) is 0 Å². The maximum Gasteiger partial charge on any atom is 0.245 e. The Morgan fingerprint density at radius 3 is 2.82 bits per heavy atom. The van der Waals surface area contributed by atoms with Crippen LogP contribution in [0.15, 0.2) is 11.1 Å². The summed E-state index contributed by atoms with van der Waals surface area (Å²) in [5.41, 5.74) is 5.69. The summed E-state index contributed by atoms with van der Waals surface area (Å²) in [5, 5.41) is 3.89. The van der Waals surface area contributed by atoms with Gasteiger partial charge in [-0.05, 0) is 13.3 Å². The summed E-state index contributed by atoms with van der Waals surface area (Å²) in [6.07, 6.45) is 1.87. The molecule has 98 valence electrons. The zero-order chi connectivity index (χ0) is 12.9. The summed E-state index contributed by atoms with van der Waals surface area (Å²) in [4.78, 5) is 0.0248. The van der Waals surface area contributed by atoms with Crippen LogP contribution in [0.4, 0.5) is 5.82 Å². The zero-order valence-corrected chi connectivity index (χ0v) is 10.8. The number of aryl methyl sites for hydroxylation is 1. The zero-order valence-electron chi connectivity index (χ0n) is 10.0. The highest BCUT2D eigenvalue weighted by Crippen LogP contribution is 2.16. The van der Waals surface area contributed by atoms with Gasteiger partial charge in [0.25, 0.3) is 0 Å². The number of methoxy groups -OCH3 is 1. The smallest absolute Gasteiger partial charge is 0.245 e. The van der Waals surface area contributed by atoms with Gasteiger partial charge in [-0.1, -0.05) is 0 Å². The molecule has 0 aliphatic heterocycles. The predicted molar refractivity (Wildman–Crippen MR) is 64.0 cm³/mol. The summed E-state index contributed by atoms with van der Waals surface area (Å²) in [6.45, 7) is 3.19. The van der Waals surface area contributed by atoms with E-state index < -0.39 is 10.0 Å². The highest BCUT2D eigenvalue weighted by Gasteiger charge is 2.20. The average Bonchev–Trinajstić information content (AvgIpc) is 2.66. The molecule has 0 amide bonds. The Kier molecular flexibility index (Phi) is 4.91. The average molecular weight is 262 g/mol. The Hall–Kier alpha value is -1.12. The Balaban J connectivity index is 2.72. The largest absolute Gasteiger partial charge is 0.385 e. The lowest BCUT2D eigenvalue weighted by Crippen LogP contribution is -2.26. The third-order valence-electron chi connectivity index (χ3n) is 2.25. The van der Waals surface area contributed by atoms with Crippen LogP contribution in [0.25, 0.3) is 0 Å². The first-order valence-electron chi connectivity index (χ1n) is 5.32. The molecular weight excluding hydrogens is 244 g/mol. The summed E-state index contributed by atoms with van der Waals surface area (Å²) in [6, 6.07) is 0. The second-order valence-corrected chi connectivity index (χ2v) is 5.19. The molecule has 0 saturated heterocycles. The van der Waals surface area contributed by atoms with E-state index in [2.05, 4.69) is 9.82 Å². The molecule has 0 atom stereocenters.